The summed E-state index contributed by atoms with van der Waals surface area (Å²) in [6.45, 7) is 6.12. The number of nitrogens with one attached hydrogen (secondary N) is 1. The zero-order valence-corrected chi connectivity index (χ0v) is 12.9. The summed E-state index contributed by atoms with van der Waals surface area (Å²) in [7, 11) is 0. The van der Waals surface area contributed by atoms with Crippen molar-refractivity contribution in [2.45, 2.75) is 20.4 Å². The molecule has 0 aliphatic rings. The maximum Gasteiger partial charge on any atom is 0.335 e. The molecule has 0 atom stereocenters. The molecule has 4 heteroatoms. The van der Waals surface area contributed by atoms with E-state index in [0.29, 0.717) is 18.7 Å². The van der Waals surface area contributed by atoms with Gasteiger partial charge in [-0.25, -0.2) is 4.79 Å². The number of ether oxygens (including phenoxy) is 1. The third kappa shape index (κ3) is 4.90. The Hall–Kier alpha value is -2.33. The van der Waals surface area contributed by atoms with Crippen molar-refractivity contribution in [3.8, 4) is 5.75 Å². The number of benzene rings is 2. The molecular weight excluding hydrogens is 278 g/mol. The predicted molar refractivity (Wildman–Crippen MR) is 86.5 cm³/mol. The molecule has 0 saturated heterocycles. The van der Waals surface area contributed by atoms with Gasteiger partial charge in [-0.05, 0) is 54.8 Å². The van der Waals surface area contributed by atoms with Gasteiger partial charge >= 0.3 is 5.97 Å². The average molecular weight is 299 g/mol. The van der Waals surface area contributed by atoms with Crippen LogP contribution in [0.1, 0.15) is 27.0 Å². The van der Waals surface area contributed by atoms with Crippen LogP contribution in [0.2, 0.25) is 0 Å². The molecule has 0 unspecified atom stereocenters. The van der Waals surface area contributed by atoms with Crippen molar-refractivity contribution >= 4 is 5.97 Å². The molecule has 0 spiro atoms. The monoisotopic (exact) mass is 299 g/mol. The summed E-state index contributed by atoms with van der Waals surface area (Å²) < 4.78 is 5.72. The first-order chi connectivity index (χ1) is 10.5. The molecule has 0 aliphatic heterocycles. The summed E-state index contributed by atoms with van der Waals surface area (Å²) in [6, 6.07) is 13.0. The van der Waals surface area contributed by atoms with Crippen LogP contribution in [0.4, 0.5) is 0 Å². The van der Waals surface area contributed by atoms with Crippen LogP contribution in [-0.2, 0) is 6.54 Å². The smallest absolute Gasteiger partial charge is 0.335 e. The highest BCUT2D eigenvalue weighted by molar-refractivity contribution is 5.87. The average Bonchev–Trinajstić information content (AvgIpc) is 2.46. The van der Waals surface area contributed by atoms with Crippen LogP contribution in [-0.4, -0.2) is 24.2 Å². The van der Waals surface area contributed by atoms with Crippen LogP contribution in [0.5, 0.6) is 5.75 Å². The van der Waals surface area contributed by atoms with Crippen LogP contribution < -0.4 is 10.1 Å². The largest absolute Gasteiger partial charge is 0.492 e. The Kier molecular flexibility index (Phi) is 5.55. The van der Waals surface area contributed by atoms with E-state index in [1.54, 1.807) is 12.1 Å². The highest BCUT2D eigenvalue weighted by atomic mass is 16.5. The first-order valence-electron chi connectivity index (χ1n) is 7.28. The summed E-state index contributed by atoms with van der Waals surface area (Å²) >= 11 is 0. The number of carbonyl (C=O) groups is 1. The van der Waals surface area contributed by atoms with E-state index in [1.165, 1.54) is 11.1 Å². The van der Waals surface area contributed by atoms with Gasteiger partial charge in [-0.3, -0.25) is 0 Å². The SMILES string of the molecule is Cc1cc(C)cc(OCCNCc2ccc(C(=O)O)cc2)c1. The second-order valence-corrected chi connectivity index (χ2v) is 5.35. The van der Waals surface area contributed by atoms with Crippen LogP contribution in [0.15, 0.2) is 42.5 Å². The summed E-state index contributed by atoms with van der Waals surface area (Å²) in [5.41, 5.74) is 3.75. The van der Waals surface area contributed by atoms with Gasteiger partial charge in [-0.15, -0.1) is 0 Å². The van der Waals surface area contributed by atoms with Crippen LogP contribution >= 0.6 is 0 Å². The third-order valence-corrected chi connectivity index (χ3v) is 3.27. The lowest BCUT2D eigenvalue weighted by molar-refractivity contribution is 0.0697. The highest BCUT2D eigenvalue weighted by Crippen LogP contribution is 2.15. The van der Waals surface area contributed by atoms with Gasteiger partial charge < -0.3 is 15.2 Å². The van der Waals surface area contributed by atoms with Gasteiger partial charge in [0, 0.05) is 13.1 Å². The predicted octanol–water partition coefficient (Wildman–Crippen LogP) is 3.17. The minimum Gasteiger partial charge on any atom is -0.492 e. The molecule has 0 aromatic heterocycles. The molecule has 0 bridgehead atoms. The van der Waals surface area contributed by atoms with E-state index in [2.05, 4.69) is 25.2 Å². The van der Waals surface area contributed by atoms with E-state index in [0.717, 1.165) is 17.9 Å². The van der Waals surface area contributed by atoms with Crippen LogP contribution in [0.3, 0.4) is 0 Å². The molecule has 0 aliphatic carbocycles. The van der Waals surface area contributed by atoms with Crippen molar-refractivity contribution in [2.75, 3.05) is 13.2 Å². The second kappa shape index (κ2) is 7.61. The number of carboxylic acids is 1. The van der Waals surface area contributed by atoms with Gasteiger partial charge in [0.15, 0.2) is 0 Å². The molecule has 0 heterocycles. The minimum absolute atomic E-state index is 0.307. The molecule has 0 saturated carbocycles. The number of hydrogen-bond donors (Lipinski definition) is 2. The molecule has 0 radical (unpaired) electrons. The molecule has 4 nitrogen and oxygen atoms in total. The first kappa shape index (κ1) is 16.0. The van der Waals surface area contributed by atoms with Crippen molar-refractivity contribution in [3.05, 3.63) is 64.7 Å². The van der Waals surface area contributed by atoms with Crippen molar-refractivity contribution < 1.29 is 14.6 Å². The van der Waals surface area contributed by atoms with Gasteiger partial charge in [-0.1, -0.05) is 18.2 Å². The van der Waals surface area contributed by atoms with Crippen molar-refractivity contribution in [1.82, 2.24) is 5.32 Å². The Labute approximate surface area is 130 Å². The summed E-state index contributed by atoms with van der Waals surface area (Å²) in [5, 5.41) is 12.1. The second-order valence-electron chi connectivity index (χ2n) is 5.35. The normalized spacial score (nSPS) is 10.5. The Bertz CT molecular complexity index is 615. The standard InChI is InChI=1S/C18H21NO3/c1-13-9-14(2)11-17(10-13)22-8-7-19-12-15-3-5-16(6-4-15)18(20)21/h3-6,9-11,19H,7-8,12H2,1-2H3,(H,20,21). The Balaban J connectivity index is 1.72. The van der Waals surface area contributed by atoms with E-state index in [9.17, 15) is 4.79 Å². The van der Waals surface area contributed by atoms with Crippen LogP contribution in [0.25, 0.3) is 0 Å². The third-order valence-electron chi connectivity index (χ3n) is 3.27. The van der Waals surface area contributed by atoms with Gasteiger partial charge in [0.05, 0.1) is 5.56 Å². The molecule has 2 aromatic rings. The Morgan fingerprint density at radius 1 is 1.09 bits per heavy atom. The van der Waals surface area contributed by atoms with Gasteiger partial charge in [0.2, 0.25) is 0 Å². The summed E-state index contributed by atoms with van der Waals surface area (Å²) in [6.07, 6.45) is 0. The molecule has 2 aromatic carbocycles. The molecule has 0 fully saturated rings. The lowest BCUT2D eigenvalue weighted by Gasteiger charge is -2.09. The van der Waals surface area contributed by atoms with Crippen molar-refractivity contribution in [2.24, 2.45) is 0 Å². The molecule has 2 N–H and O–H groups in total. The maximum atomic E-state index is 10.8. The fraction of sp³-hybridized carbons (Fsp3) is 0.278. The van der Waals surface area contributed by atoms with E-state index >= 15 is 0 Å². The highest BCUT2D eigenvalue weighted by Gasteiger charge is 2.01. The van der Waals surface area contributed by atoms with Gasteiger partial charge in [0.1, 0.15) is 12.4 Å². The molecule has 2 rings (SSSR count). The van der Waals surface area contributed by atoms with Crippen molar-refractivity contribution in [3.63, 3.8) is 0 Å². The molecule has 22 heavy (non-hydrogen) atoms. The topological polar surface area (TPSA) is 58.6 Å². The minimum atomic E-state index is -0.902. The van der Waals surface area contributed by atoms with Crippen LogP contribution in [0, 0.1) is 13.8 Å². The quantitative estimate of drug-likeness (QED) is 0.771. The first-order valence-corrected chi connectivity index (χ1v) is 7.28. The lowest BCUT2D eigenvalue weighted by Crippen LogP contribution is -2.20. The fourth-order valence-electron chi connectivity index (χ4n) is 2.26. The number of rotatable bonds is 7. The molecule has 116 valence electrons. The lowest BCUT2D eigenvalue weighted by atomic mass is 10.1. The van der Waals surface area contributed by atoms with E-state index < -0.39 is 5.97 Å². The number of carboxylic acid groups (broad SMARTS) is 1. The molecular formula is C18H21NO3. The van der Waals surface area contributed by atoms with Gasteiger partial charge in [0.25, 0.3) is 0 Å². The number of aromatic carboxylic acids is 1. The Morgan fingerprint density at radius 2 is 1.73 bits per heavy atom. The summed E-state index contributed by atoms with van der Waals surface area (Å²) in [4.78, 5) is 10.8. The summed E-state index contributed by atoms with van der Waals surface area (Å²) in [5.74, 6) is -0.00790. The Morgan fingerprint density at radius 3 is 2.32 bits per heavy atom. The van der Waals surface area contributed by atoms with E-state index in [-0.39, 0.29) is 0 Å². The van der Waals surface area contributed by atoms with Gasteiger partial charge in [-0.2, -0.15) is 0 Å². The number of hydrogen-bond acceptors (Lipinski definition) is 3. The maximum absolute atomic E-state index is 10.8. The fourth-order valence-corrected chi connectivity index (χ4v) is 2.26. The van der Waals surface area contributed by atoms with Crippen molar-refractivity contribution in [1.29, 1.82) is 0 Å². The number of aryl methyl sites for hydroxylation is 2. The van der Waals surface area contributed by atoms with E-state index in [4.69, 9.17) is 9.84 Å². The van der Waals surface area contributed by atoms with E-state index in [1.807, 2.05) is 24.3 Å². The zero-order valence-electron chi connectivity index (χ0n) is 12.9. The zero-order chi connectivity index (χ0) is 15.9. The molecule has 0 amide bonds.